The summed E-state index contributed by atoms with van der Waals surface area (Å²) in [5.74, 6) is -0.844. The second-order valence-electron chi connectivity index (χ2n) is 15.1. The Morgan fingerprint density at radius 2 is 1.25 bits per heavy atom. The average molecular weight is 775 g/mol. The van der Waals surface area contributed by atoms with Crippen LogP contribution in [-0.2, 0) is 30.1 Å². The molecule has 9 atom stereocenters. The largest absolute Gasteiger partial charge is 0.457 e. The quantitative estimate of drug-likeness (QED) is 0.178. The van der Waals surface area contributed by atoms with E-state index in [0.717, 1.165) is 0 Å². The van der Waals surface area contributed by atoms with Crippen LogP contribution in [0.5, 0.6) is 0 Å². The van der Waals surface area contributed by atoms with E-state index in [1.807, 2.05) is 84.1 Å². The van der Waals surface area contributed by atoms with Crippen molar-refractivity contribution >= 4 is 18.0 Å². The number of cyclic esters (lactones) is 2. The normalized spacial score (nSPS) is 30.9. The second-order valence-corrected chi connectivity index (χ2v) is 15.1. The smallest absolute Gasteiger partial charge is 0.360 e. The fourth-order valence-electron chi connectivity index (χ4n) is 6.10. The minimum atomic E-state index is -0.884. The molecule has 2 aromatic rings. The lowest BCUT2D eigenvalue weighted by molar-refractivity contribution is -0.0461. The van der Waals surface area contributed by atoms with Crippen molar-refractivity contribution in [3.05, 3.63) is 115 Å². The van der Waals surface area contributed by atoms with Crippen molar-refractivity contribution < 1.29 is 52.3 Å². The number of aliphatic hydroxyl groups is 2. The number of aliphatic hydroxyl groups excluding tert-OH is 2. The number of hydrogen-bond acceptors (Lipinski definition) is 13. The Morgan fingerprint density at radius 1 is 0.732 bits per heavy atom. The third-order valence-electron chi connectivity index (χ3n) is 10.2. The molecule has 302 valence electrons. The zero-order valence-electron chi connectivity index (χ0n) is 33.0. The molecule has 13 heteroatoms. The molecule has 4 bridgehead atoms. The Balaban J connectivity index is 1.37. The van der Waals surface area contributed by atoms with E-state index in [4.69, 9.17) is 32.5 Å². The van der Waals surface area contributed by atoms with Gasteiger partial charge < -0.3 is 42.7 Å². The van der Waals surface area contributed by atoms with Crippen LogP contribution in [0.4, 0.5) is 0 Å². The fourth-order valence-corrected chi connectivity index (χ4v) is 6.10. The van der Waals surface area contributed by atoms with Gasteiger partial charge in [0.25, 0.3) is 0 Å². The lowest BCUT2D eigenvalue weighted by atomic mass is 9.79. The highest BCUT2D eigenvalue weighted by Crippen LogP contribution is 2.35. The number of aromatic nitrogens is 2. The molecule has 2 fully saturated rings. The summed E-state index contributed by atoms with van der Waals surface area (Å²) < 4.78 is 40.3. The number of ether oxygens (including phenoxy) is 5. The SMILES string of the molecule is C/C=C/[C@H](O)C(C)(C)[C@@H]1C/C=C\C2OC2/C=C/[C@H](OC)Cc2nc(co2)C(=O)O[C@H](C(C)(C)[C@@H](O)/C=C/C)C/C=C\C2OC2/C=C/C=C\c2nc(co2)C(=O)O1. The Bertz CT molecular complexity index is 1840. The van der Waals surface area contributed by atoms with Gasteiger partial charge in [-0.1, -0.05) is 107 Å². The van der Waals surface area contributed by atoms with E-state index in [-0.39, 0.29) is 54.0 Å². The Morgan fingerprint density at radius 3 is 1.80 bits per heavy atom. The maximum absolute atomic E-state index is 13.4. The first kappa shape index (κ1) is 42.5. The minimum Gasteiger partial charge on any atom is -0.457 e. The first-order valence-electron chi connectivity index (χ1n) is 18.9. The topological polar surface area (TPSA) is 179 Å². The standard InChI is InChI=1S/C43H54N2O11/c1-8-14-34(46)42(3,4)36-20-13-18-32-33(54-32)23-22-27(50-7)24-39-45-29(26-52-39)41(49)56-37(43(5,6)35(47)15-9-2)19-12-17-31-30(53-31)16-10-11-21-38-44-28(25-51-38)40(48)55-36/h8-18,21-23,25-27,30-37,46-47H,19-20,24H2,1-7H3/b14-8+,15-9+,16-10+,17-12-,18-13-,21-11-,23-22+/t27-,30?,31?,32?,33?,34-,35-,36-,37-/m0/s1. The van der Waals surface area contributed by atoms with Crippen molar-refractivity contribution in [2.24, 2.45) is 10.8 Å². The third kappa shape index (κ3) is 11.2. The van der Waals surface area contributed by atoms with Gasteiger partial charge in [-0.25, -0.2) is 19.6 Å². The fraction of sp³-hybridized carbons (Fsp3) is 0.488. The summed E-state index contributed by atoms with van der Waals surface area (Å²) in [7, 11) is 1.56. The molecule has 3 aliphatic rings. The summed E-state index contributed by atoms with van der Waals surface area (Å²) in [6, 6.07) is 0. The Kier molecular flexibility index (Phi) is 14.4. The number of rotatable bonds is 7. The van der Waals surface area contributed by atoms with Crippen LogP contribution >= 0.6 is 0 Å². The van der Waals surface area contributed by atoms with Gasteiger partial charge in [-0.2, -0.15) is 0 Å². The lowest BCUT2D eigenvalue weighted by Crippen LogP contribution is -2.42. The van der Waals surface area contributed by atoms with Gasteiger partial charge in [-0.05, 0) is 13.8 Å². The van der Waals surface area contributed by atoms with Crippen LogP contribution in [-0.4, -0.2) is 94.2 Å². The highest BCUT2D eigenvalue weighted by molar-refractivity contribution is 5.87. The van der Waals surface area contributed by atoms with E-state index >= 15 is 0 Å². The summed E-state index contributed by atoms with van der Waals surface area (Å²) >= 11 is 0. The molecule has 0 aromatic carbocycles. The van der Waals surface area contributed by atoms with Gasteiger partial charge in [0.2, 0.25) is 5.89 Å². The average Bonchev–Trinajstić information content (AvgIpc) is 3.96. The molecule has 0 spiro atoms. The second kappa shape index (κ2) is 19.0. The summed E-state index contributed by atoms with van der Waals surface area (Å²) in [5.41, 5.74) is -1.68. The highest BCUT2D eigenvalue weighted by atomic mass is 16.6. The maximum Gasteiger partial charge on any atom is 0.360 e. The van der Waals surface area contributed by atoms with Crippen molar-refractivity contribution in [3.8, 4) is 0 Å². The molecule has 2 aromatic heterocycles. The number of esters is 2. The predicted molar refractivity (Wildman–Crippen MR) is 207 cm³/mol. The zero-order valence-corrected chi connectivity index (χ0v) is 33.0. The summed E-state index contributed by atoms with van der Waals surface area (Å²) in [4.78, 5) is 35.3. The Labute approximate surface area is 328 Å². The Hall–Kier alpha value is -4.66. The van der Waals surface area contributed by atoms with Gasteiger partial charge in [0.05, 0.1) is 24.7 Å². The van der Waals surface area contributed by atoms with Crippen molar-refractivity contribution in [2.45, 2.75) is 116 Å². The van der Waals surface area contributed by atoms with Crippen LogP contribution in [0.15, 0.2) is 100 Å². The predicted octanol–water partition coefficient (Wildman–Crippen LogP) is 6.46. The molecule has 5 heterocycles. The van der Waals surface area contributed by atoms with Crippen molar-refractivity contribution in [2.75, 3.05) is 7.11 Å². The van der Waals surface area contributed by atoms with E-state index in [9.17, 15) is 19.8 Å². The summed E-state index contributed by atoms with van der Waals surface area (Å²) in [5, 5.41) is 21.9. The van der Waals surface area contributed by atoms with E-state index < -0.39 is 53.3 Å². The van der Waals surface area contributed by atoms with Crippen LogP contribution in [0.2, 0.25) is 0 Å². The number of fused-ring (bicyclic) bond motifs is 6. The van der Waals surface area contributed by atoms with Gasteiger partial charge >= 0.3 is 11.9 Å². The molecular weight excluding hydrogens is 720 g/mol. The maximum atomic E-state index is 13.4. The molecule has 0 radical (unpaired) electrons. The first-order valence-corrected chi connectivity index (χ1v) is 18.9. The molecule has 3 aliphatic heterocycles. The summed E-state index contributed by atoms with van der Waals surface area (Å²) in [6.45, 7) is 11.0. The molecule has 4 unspecified atom stereocenters. The highest BCUT2D eigenvalue weighted by Gasteiger charge is 2.41. The third-order valence-corrected chi connectivity index (χ3v) is 10.2. The van der Waals surface area contributed by atoms with Gasteiger partial charge in [0.15, 0.2) is 17.3 Å². The molecule has 0 amide bonds. The number of hydrogen-bond donors (Lipinski definition) is 2. The first-order chi connectivity index (χ1) is 26.8. The van der Waals surface area contributed by atoms with Crippen LogP contribution in [0, 0.1) is 10.8 Å². The van der Waals surface area contributed by atoms with Crippen molar-refractivity contribution in [1.29, 1.82) is 0 Å². The molecule has 0 aliphatic carbocycles. The molecule has 0 saturated carbocycles. The van der Waals surface area contributed by atoms with Crippen LogP contribution in [0.25, 0.3) is 6.08 Å². The number of carbonyl (C=O) groups is 2. The molecule has 2 saturated heterocycles. The van der Waals surface area contributed by atoms with Crippen LogP contribution in [0.3, 0.4) is 0 Å². The van der Waals surface area contributed by atoms with Gasteiger partial charge in [0.1, 0.15) is 49.2 Å². The molecular formula is C43H54N2O11. The number of methoxy groups -OCH3 is 1. The lowest BCUT2D eigenvalue weighted by Gasteiger charge is -2.36. The van der Waals surface area contributed by atoms with Crippen LogP contribution in [0.1, 0.15) is 87.1 Å². The van der Waals surface area contributed by atoms with Gasteiger partial charge in [-0.3, -0.25) is 0 Å². The van der Waals surface area contributed by atoms with E-state index in [0.29, 0.717) is 12.8 Å². The monoisotopic (exact) mass is 774 g/mol. The van der Waals surface area contributed by atoms with Crippen molar-refractivity contribution in [1.82, 2.24) is 9.97 Å². The minimum absolute atomic E-state index is 0.00381. The summed E-state index contributed by atoms with van der Waals surface area (Å²) in [6.07, 6.45) is 24.1. The van der Waals surface area contributed by atoms with E-state index in [1.165, 1.54) is 12.5 Å². The van der Waals surface area contributed by atoms with Gasteiger partial charge in [-0.15, -0.1) is 0 Å². The molecule has 5 rings (SSSR count). The number of allylic oxidation sites excluding steroid dienone is 4. The number of oxazole rings is 2. The van der Waals surface area contributed by atoms with Crippen molar-refractivity contribution in [3.63, 3.8) is 0 Å². The number of epoxide rings is 2. The number of carbonyl (C=O) groups excluding carboxylic acids is 2. The molecule has 13 nitrogen and oxygen atoms in total. The van der Waals surface area contributed by atoms with E-state index in [2.05, 4.69) is 9.97 Å². The number of nitrogens with zero attached hydrogens (tertiary/aromatic N) is 2. The zero-order chi connectivity index (χ0) is 40.5. The van der Waals surface area contributed by atoms with Crippen LogP contribution < -0.4 is 0 Å². The molecule has 2 N–H and O–H groups in total. The van der Waals surface area contributed by atoms with E-state index in [1.54, 1.807) is 49.6 Å². The molecule has 56 heavy (non-hydrogen) atoms. The van der Waals surface area contributed by atoms with Gasteiger partial charge in [0, 0.05) is 36.9 Å².